The van der Waals surface area contributed by atoms with Gasteiger partial charge < -0.3 is 16.0 Å². The van der Waals surface area contributed by atoms with Crippen molar-refractivity contribution in [3.8, 4) is 11.3 Å². The molecule has 12 heteroatoms. The molecule has 0 aliphatic carbocycles. The molecule has 0 fully saturated rings. The second-order valence-corrected chi connectivity index (χ2v) is 13.8. The number of thiazole rings is 1. The summed E-state index contributed by atoms with van der Waals surface area (Å²) in [5, 5.41) is 10.6. The minimum atomic E-state index is -0.682. The quantitative estimate of drug-likeness (QED) is 0.0904. The highest BCUT2D eigenvalue weighted by Gasteiger charge is 2.24. The van der Waals surface area contributed by atoms with Gasteiger partial charge in [0, 0.05) is 42.7 Å². The molecule has 0 aliphatic heterocycles. The first-order chi connectivity index (χ1) is 24.7. The Kier molecular flexibility index (Phi) is 11.6. The van der Waals surface area contributed by atoms with E-state index in [1.807, 2.05) is 36.4 Å². The van der Waals surface area contributed by atoms with Crippen LogP contribution in [-0.4, -0.2) is 22.7 Å². The van der Waals surface area contributed by atoms with Crippen molar-refractivity contribution in [3.05, 3.63) is 171 Å². The standard InChI is InChI=1S/C39H27Cl2FN4O3S2/c40-31-15-8-16-32(41)30(31)22-33(44-36(47)26-11-5-2-6-12-26)37(48)43-28-13-7-14-29(21-28)51-35(25-9-3-1-4-10-25)38(49)46-39-45-34(23-50-39)24-17-19-27(42)20-18-24/h1-23,35H,(H,43,48)(H,44,47)(H,45,46,49)/b33-22+. The van der Waals surface area contributed by atoms with E-state index >= 15 is 0 Å². The number of carbonyl (C=O) groups is 3. The van der Waals surface area contributed by atoms with Crippen LogP contribution < -0.4 is 16.0 Å². The fourth-order valence-electron chi connectivity index (χ4n) is 4.87. The highest BCUT2D eigenvalue weighted by Crippen LogP contribution is 2.38. The van der Waals surface area contributed by atoms with E-state index in [4.69, 9.17) is 23.2 Å². The van der Waals surface area contributed by atoms with Crippen molar-refractivity contribution < 1.29 is 18.8 Å². The lowest BCUT2D eigenvalue weighted by Crippen LogP contribution is -2.30. The lowest BCUT2D eigenvalue weighted by Gasteiger charge is -2.17. The van der Waals surface area contributed by atoms with Gasteiger partial charge in [0.25, 0.3) is 11.8 Å². The topological polar surface area (TPSA) is 100 Å². The van der Waals surface area contributed by atoms with Gasteiger partial charge in [-0.25, -0.2) is 9.37 Å². The van der Waals surface area contributed by atoms with Crippen LogP contribution in [0.5, 0.6) is 0 Å². The summed E-state index contributed by atoms with van der Waals surface area (Å²) < 4.78 is 13.4. The smallest absolute Gasteiger partial charge is 0.272 e. The monoisotopic (exact) mass is 752 g/mol. The van der Waals surface area contributed by atoms with E-state index in [0.717, 1.165) is 11.1 Å². The molecule has 51 heavy (non-hydrogen) atoms. The van der Waals surface area contributed by atoms with E-state index < -0.39 is 17.1 Å². The molecule has 0 spiro atoms. The van der Waals surface area contributed by atoms with Crippen LogP contribution in [0.15, 0.2) is 143 Å². The molecule has 5 aromatic carbocycles. The van der Waals surface area contributed by atoms with Crippen LogP contribution in [0, 0.1) is 5.82 Å². The molecule has 0 radical (unpaired) electrons. The van der Waals surface area contributed by atoms with Gasteiger partial charge in [0.15, 0.2) is 5.13 Å². The molecule has 0 bridgehead atoms. The summed E-state index contributed by atoms with van der Waals surface area (Å²) in [6, 6.07) is 35.7. The van der Waals surface area contributed by atoms with E-state index in [0.29, 0.717) is 42.6 Å². The summed E-state index contributed by atoms with van der Waals surface area (Å²) in [7, 11) is 0. The molecular formula is C39H27Cl2FN4O3S2. The van der Waals surface area contributed by atoms with Crippen molar-refractivity contribution in [1.82, 2.24) is 10.3 Å². The average molecular weight is 754 g/mol. The zero-order valence-electron chi connectivity index (χ0n) is 26.5. The van der Waals surface area contributed by atoms with Crippen molar-refractivity contribution in [2.24, 2.45) is 0 Å². The molecule has 1 atom stereocenters. The summed E-state index contributed by atoms with van der Waals surface area (Å²) in [5.74, 6) is -1.75. The molecule has 3 amide bonds. The zero-order chi connectivity index (χ0) is 35.7. The van der Waals surface area contributed by atoms with E-state index in [1.54, 1.807) is 84.2 Å². The van der Waals surface area contributed by atoms with Crippen molar-refractivity contribution in [1.29, 1.82) is 0 Å². The van der Waals surface area contributed by atoms with Gasteiger partial charge in [0.05, 0.1) is 5.69 Å². The van der Waals surface area contributed by atoms with Gasteiger partial charge in [-0.1, -0.05) is 83.9 Å². The van der Waals surface area contributed by atoms with E-state index in [9.17, 15) is 18.8 Å². The van der Waals surface area contributed by atoms with Crippen LogP contribution in [0.4, 0.5) is 15.2 Å². The fourth-order valence-corrected chi connectivity index (χ4v) is 7.19. The van der Waals surface area contributed by atoms with Crippen LogP contribution >= 0.6 is 46.3 Å². The molecule has 1 unspecified atom stereocenters. The number of carbonyl (C=O) groups excluding carboxylic acids is 3. The van der Waals surface area contributed by atoms with Gasteiger partial charge in [0.1, 0.15) is 16.8 Å². The maximum absolute atomic E-state index is 13.8. The number of amides is 3. The predicted molar refractivity (Wildman–Crippen MR) is 205 cm³/mol. The Hall–Kier alpha value is -5.26. The Labute approximate surface area is 311 Å². The number of aromatic nitrogens is 1. The molecular weight excluding hydrogens is 726 g/mol. The highest BCUT2D eigenvalue weighted by atomic mass is 35.5. The number of hydrogen-bond donors (Lipinski definition) is 3. The Balaban J connectivity index is 1.22. The normalized spacial score (nSPS) is 11.8. The maximum atomic E-state index is 13.8. The molecule has 254 valence electrons. The molecule has 6 rings (SSSR count). The van der Waals surface area contributed by atoms with Crippen molar-refractivity contribution in [2.75, 3.05) is 10.6 Å². The number of thioether (sulfide) groups is 1. The largest absolute Gasteiger partial charge is 0.321 e. The number of rotatable bonds is 11. The average Bonchev–Trinajstić information content (AvgIpc) is 3.61. The first kappa shape index (κ1) is 35.6. The van der Waals surface area contributed by atoms with E-state index in [1.165, 1.54) is 41.3 Å². The van der Waals surface area contributed by atoms with Gasteiger partial charge in [-0.05, 0) is 78.4 Å². The molecule has 1 aromatic heterocycles. The van der Waals surface area contributed by atoms with Gasteiger partial charge in [-0.3, -0.25) is 14.4 Å². The molecule has 0 aliphatic rings. The van der Waals surface area contributed by atoms with Crippen LogP contribution in [0.2, 0.25) is 10.0 Å². The number of benzene rings is 5. The van der Waals surface area contributed by atoms with Crippen LogP contribution in [-0.2, 0) is 9.59 Å². The number of nitrogens with zero attached hydrogens (tertiary/aromatic N) is 1. The maximum Gasteiger partial charge on any atom is 0.272 e. The minimum Gasteiger partial charge on any atom is -0.321 e. The van der Waals surface area contributed by atoms with Crippen LogP contribution in [0.3, 0.4) is 0 Å². The second kappa shape index (κ2) is 16.6. The molecule has 0 saturated carbocycles. The predicted octanol–water partition coefficient (Wildman–Crippen LogP) is 10.1. The van der Waals surface area contributed by atoms with E-state index in [2.05, 4.69) is 20.9 Å². The second-order valence-electron chi connectivity index (χ2n) is 10.9. The molecule has 0 saturated heterocycles. The van der Waals surface area contributed by atoms with Crippen molar-refractivity contribution in [2.45, 2.75) is 10.1 Å². The lowest BCUT2D eigenvalue weighted by atomic mass is 10.1. The Morgan fingerprint density at radius 2 is 1.45 bits per heavy atom. The van der Waals surface area contributed by atoms with Gasteiger partial charge in [-0.2, -0.15) is 0 Å². The molecule has 1 heterocycles. The van der Waals surface area contributed by atoms with Gasteiger partial charge in [-0.15, -0.1) is 23.1 Å². The summed E-state index contributed by atoms with van der Waals surface area (Å²) in [4.78, 5) is 45.8. The van der Waals surface area contributed by atoms with Gasteiger partial charge in [0.2, 0.25) is 5.91 Å². The summed E-state index contributed by atoms with van der Waals surface area (Å²) in [6.07, 6.45) is 1.43. The summed E-state index contributed by atoms with van der Waals surface area (Å²) in [6.45, 7) is 0. The third-order valence-electron chi connectivity index (χ3n) is 7.38. The fraction of sp³-hybridized carbons (Fsp3) is 0.0256. The van der Waals surface area contributed by atoms with Crippen LogP contribution in [0.1, 0.15) is 26.7 Å². The van der Waals surface area contributed by atoms with Gasteiger partial charge >= 0.3 is 0 Å². The number of anilines is 2. The SMILES string of the molecule is O=C(Nc1cccc(SC(C(=O)Nc2nc(-c3ccc(F)cc3)cs2)c2ccccc2)c1)/C(=C\c1c(Cl)cccc1Cl)NC(=O)c1ccccc1. The lowest BCUT2D eigenvalue weighted by molar-refractivity contribution is -0.116. The minimum absolute atomic E-state index is 0.0816. The first-order valence-corrected chi connectivity index (χ1v) is 17.9. The number of nitrogens with one attached hydrogen (secondary N) is 3. The first-order valence-electron chi connectivity index (χ1n) is 15.4. The van der Waals surface area contributed by atoms with Crippen molar-refractivity contribution >= 4 is 80.9 Å². The number of halogens is 3. The highest BCUT2D eigenvalue weighted by molar-refractivity contribution is 8.00. The summed E-state index contributed by atoms with van der Waals surface area (Å²) in [5.41, 5.74) is 3.17. The Morgan fingerprint density at radius 3 is 2.16 bits per heavy atom. The zero-order valence-corrected chi connectivity index (χ0v) is 29.6. The third-order valence-corrected chi connectivity index (χ3v) is 10.0. The summed E-state index contributed by atoms with van der Waals surface area (Å²) >= 11 is 15.4. The van der Waals surface area contributed by atoms with Crippen molar-refractivity contribution in [3.63, 3.8) is 0 Å². The number of hydrogen-bond acceptors (Lipinski definition) is 6. The molecule has 7 nitrogen and oxygen atoms in total. The third kappa shape index (κ3) is 9.30. The molecule has 3 N–H and O–H groups in total. The Morgan fingerprint density at radius 1 is 0.784 bits per heavy atom. The Bertz CT molecular complexity index is 2200. The molecule has 6 aromatic rings. The van der Waals surface area contributed by atoms with Crippen LogP contribution in [0.25, 0.3) is 17.3 Å². The van der Waals surface area contributed by atoms with E-state index in [-0.39, 0.29) is 17.4 Å².